The fourth-order valence-electron chi connectivity index (χ4n) is 4.28. The van der Waals surface area contributed by atoms with Gasteiger partial charge in [0.15, 0.2) is 0 Å². The summed E-state index contributed by atoms with van der Waals surface area (Å²) in [5.74, 6) is 1.59. The molecule has 2 aliphatic heterocycles. The Balaban J connectivity index is 1.36. The molecule has 2 saturated heterocycles. The van der Waals surface area contributed by atoms with Crippen LogP contribution >= 0.6 is 0 Å². The van der Waals surface area contributed by atoms with E-state index in [0.29, 0.717) is 37.3 Å². The molecular weight excluding hydrogens is 407 g/mol. The summed E-state index contributed by atoms with van der Waals surface area (Å²) in [5, 5.41) is 0. The summed E-state index contributed by atoms with van der Waals surface area (Å²) in [6.45, 7) is 4.75. The summed E-state index contributed by atoms with van der Waals surface area (Å²) >= 11 is 0. The Kier molecular flexibility index (Phi) is 6.62. The standard InChI is InChI=1S/C22H28F3N5O/c1-28(20-6-9-26-21(27-20)30-12-14-31-15-13-30)18-7-10-29(11-8-18)16-17-4-2-3-5-19(17)22(23,24)25/h2-6,9,18H,7-8,10-16H2,1H3. The van der Waals surface area contributed by atoms with Crippen LogP contribution in [0.1, 0.15) is 24.0 Å². The average molecular weight is 435 g/mol. The number of anilines is 2. The highest BCUT2D eigenvalue weighted by Crippen LogP contribution is 2.33. The zero-order valence-electron chi connectivity index (χ0n) is 17.7. The molecule has 1 aromatic carbocycles. The van der Waals surface area contributed by atoms with Crippen LogP contribution in [0.5, 0.6) is 0 Å². The number of hydrogen-bond acceptors (Lipinski definition) is 6. The Morgan fingerprint density at radius 1 is 1.06 bits per heavy atom. The first-order valence-corrected chi connectivity index (χ1v) is 10.7. The molecule has 0 N–H and O–H groups in total. The summed E-state index contributed by atoms with van der Waals surface area (Å²) in [6.07, 6.45) is -0.781. The maximum absolute atomic E-state index is 13.3. The SMILES string of the molecule is CN(c1ccnc(N2CCOCC2)n1)C1CCN(Cc2ccccc2C(F)(F)F)CC1. The number of aromatic nitrogens is 2. The summed E-state index contributed by atoms with van der Waals surface area (Å²) < 4.78 is 45.2. The van der Waals surface area contributed by atoms with Crippen LogP contribution in [0, 0.1) is 0 Å². The van der Waals surface area contributed by atoms with Gasteiger partial charge in [-0.15, -0.1) is 0 Å². The van der Waals surface area contributed by atoms with Gasteiger partial charge in [-0.2, -0.15) is 18.2 Å². The van der Waals surface area contributed by atoms with E-state index in [9.17, 15) is 13.2 Å². The average Bonchev–Trinajstić information content (AvgIpc) is 2.79. The van der Waals surface area contributed by atoms with Crippen LogP contribution in [0.4, 0.5) is 24.9 Å². The van der Waals surface area contributed by atoms with Crippen molar-refractivity contribution in [2.24, 2.45) is 0 Å². The van der Waals surface area contributed by atoms with Crippen molar-refractivity contribution < 1.29 is 17.9 Å². The van der Waals surface area contributed by atoms with Gasteiger partial charge in [-0.05, 0) is 30.5 Å². The lowest BCUT2D eigenvalue weighted by molar-refractivity contribution is -0.138. The van der Waals surface area contributed by atoms with Gasteiger partial charge in [0.1, 0.15) is 5.82 Å². The predicted octanol–water partition coefficient (Wildman–Crippen LogP) is 3.43. The highest BCUT2D eigenvalue weighted by molar-refractivity contribution is 5.44. The molecule has 0 aliphatic carbocycles. The van der Waals surface area contributed by atoms with Crippen LogP contribution in [0.3, 0.4) is 0 Å². The number of likely N-dealkylation sites (tertiary alicyclic amines) is 1. The van der Waals surface area contributed by atoms with Crippen LogP contribution in [0.2, 0.25) is 0 Å². The molecule has 2 aromatic rings. The molecule has 1 aromatic heterocycles. The molecule has 9 heteroatoms. The first kappa shape index (κ1) is 21.8. The van der Waals surface area contributed by atoms with E-state index in [-0.39, 0.29) is 0 Å². The highest BCUT2D eigenvalue weighted by Gasteiger charge is 2.33. The largest absolute Gasteiger partial charge is 0.416 e. The number of ether oxygens (including phenoxy) is 1. The minimum atomic E-state index is -4.32. The molecule has 6 nitrogen and oxygen atoms in total. The summed E-state index contributed by atoms with van der Waals surface area (Å²) in [6, 6.07) is 8.07. The molecule has 3 heterocycles. The number of nitrogens with zero attached hydrogens (tertiary/aromatic N) is 5. The second-order valence-electron chi connectivity index (χ2n) is 8.09. The lowest BCUT2D eigenvalue weighted by atomic mass is 10.0. The van der Waals surface area contributed by atoms with Gasteiger partial charge in [0.25, 0.3) is 0 Å². The fourth-order valence-corrected chi connectivity index (χ4v) is 4.28. The lowest BCUT2D eigenvalue weighted by Gasteiger charge is -2.37. The van der Waals surface area contributed by atoms with Gasteiger partial charge in [0.2, 0.25) is 5.95 Å². The molecule has 2 fully saturated rings. The van der Waals surface area contributed by atoms with E-state index in [1.54, 1.807) is 18.3 Å². The summed E-state index contributed by atoms with van der Waals surface area (Å²) in [4.78, 5) is 15.6. The lowest BCUT2D eigenvalue weighted by Crippen LogP contribution is -2.44. The van der Waals surface area contributed by atoms with Gasteiger partial charge >= 0.3 is 6.18 Å². The molecule has 4 rings (SSSR count). The highest BCUT2D eigenvalue weighted by atomic mass is 19.4. The van der Waals surface area contributed by atoms with Crippen LogP contribution in [0.25, 0.3) is 0 Å². The molecule has 0 atom stereocenters. The van der Waals surface area contributed by atoms with E-state index in [1.807, 2.05) is 13.1 Å². The maximum Gasteiger partial charge on any atom is 0.416 e. The van der Waals surface area contributed by atoms with Gasteiger partial charge in [-0.3, -0.25) is 4.90 Å². The van der Waals surface area contributed by atoms with E-state index in [4.69, 9.17) is 9.72 Å². The summed E-state index contributed by atoms with van der Waals surface area (Å²) in [7, 11) is 2.03. The van der Waals surface area contributed by atoms with Crippen molar-refractivity contribution in [3.05, 3.63) is 47.7 Å². The minimum Gasteiger partial charge on any atom is -0.378 e. The van der Waals surface area contributed by atoms with Crippen molar-refractivity contribution in [3.8, 4) is 0 Å². The molecule has 0 unspecified atom stereocenters. The number of piperidine rings is 1. The number of halogens is 3. The molecule has 0 amide bonds. The van der Waals surface area contributed by atoms with Gasteiger partial charge in [0, 0.05) is 52.0 Å². The molecule has 0 spiro atoms. The molecule has 31 heavy (non-hydrogen) atoms. The van der Waals surface area contributed by atoms with Crippen LogP contribution in [-0.2, 0) is 17.5 Å². The molecule has 168 valence electrons. The van der Waals surface area contributed by atoms with E-state index in [0.717, 1.165) is 50.9 Å². The topological polar surface area (TPSA) is 44.7 Å². The Hall–Kier alpha value is -2.39. The van der Waals surface area contributed by atoms with Crippen molar-refractivity contribution in [3.63, 3.8) is 0 Å². The first-order chi connectivity index (χ1) is 14.9. The van der Waals surface area contributed by atoms with Crippen molar-refractivity contribution in [2.75, 3.05) is 56.2 Å². The van der Waals surface area contributed by atoms with Gasteiger partial charge < -0.3 is 14.5 Å². The van der Waals surface area contributed by atoms with E-state index in [1.165, 1.54) is 6.07 Å². The monoisotopic (exact) mass is 435 g/mol. The molecule has 0 saturated carbocycles. The Bertz CT molecular complexity index is 864. The van der Waals surface area contributed by atoms with Crippen LogP contribution in [0.15, 0.2) is 36.5 Å². The number of hydrogen-bond donors (Lipinski definition) is 0. The number of morpholine rings is 1. The molecule has 0 radical (unpaired) electrons. The second kappa shape index (κ2) is 9.40. The van der Waals surface area contributed by atoms with Crippen molar-refractivity contribution in [1.82, 2.24) is 14.9 Å². The normalized spacial score (nSPS) is 18.9. The Labute approximate surface area is 180 Å². The fraction of sp³-hybridized carbons (Fsp3) is 0.545. The second-order valence-corrected chi connectivity index (χ2v) is 8.09. The van der Waals surface area contributed by atoms with Crippen molar-refractivity contribution >= 4 is 11.8 Å². The Morgan fingerprint density at radius 3 is 2.48 bits per heavy atom. The first-order valence-electron chi connectivity index (χ1n) is 10.7. The van der Waals surface area contributed by atoms with Crippen molar-refractivity contribution in [2.45, 2.75) is 31.6 Å². The predicted molar refractivity (Wildman–Crippen MR) is 113 cm³/mol. The zero-order chi connectivity index (χ0) is 21.8. The maximum atomic E-state index is 13.3. The van der Waals surface area contributed by atoms with Crippen LogP contribution in [-0.4, -0.2) is 67.4 Å². The zero-order valence-corrected chi connectivity index (χ0v) is 17.7. The third-order valence-electron chi connectivity index (χ3n) is 6.10. The van der Waals surface area contributed by atoms with Gasteiger partial charge in [-0.25, -0.2) is 4.98 Å². The van der Waals surface area contributed by atoms with Gasteiger partial charge in [-0.1, -0.05) is 18.2 Å². The van der Waals surface area contributed by atoms with E-state index < -0.39 is 11.7 Å². The number of alkyl halides is 3. The number of rotatable bonds is 5. The van der Waals surface area contributed by atoms with E-state index >= 15 is 0 Å². The van der Waals surface area contributed by atoms with Crippen LogP contribution < -0.4 is 9.80 Å². The molecular formula is C22H28F3N5O. The quantitative estimate of drug-likeness (QED) is 0.717. The summed E-state index contributed by atoms with van der Waals surface area (Å²) in [5.41, 5.74) is -0.196. The van der Waals surface area contributed by atoms with E-state index in [2.05, 4.69) is 19.7 Å². The third-order valence-corrected chi connectivity index (χ3v) is 6.10. The Morgan fingerprint density at radius 2 is 1.77 bits per heavy atom. The number of benzene rings is 1. The van der Waals surface area contributed by atoms with Gasteiger partial charge in [0.05, 0.1) is 18.8 Å². The molecule has 0 bridgehead atoms. The smallest absolute Gasteiger partial charge is 0.378 e. The molecule has 2 aliphatic rings. The minimum absolute atomic E-state index is 0.293. The third kappa shape index (κ3) is 5.27. The van der Waals surface area contributed by atoms with Crippen molar-refractivity contribution in [1.29, 1.82) is 0 Å².